The Labute approximate surface area is 121 Å². The number of nitrogens with one attached hydrogen (secondary N) is 2. The maximum absolute atomic E-state index is 11.8. The second-order valence-electron chi connectivity index (χ2n) is 4.01. The van der Waals surface area contributed by atoms with Crippen molar-refractivity contribution in [3.8, 4) is 6.07 Å². The number of hydrogen-bond acceptors (Lipinski definition) is 3. The standard InChI is InChI=1S/C14H11ClN4O/c15-13-7-12(4-1-9(13)8-16)19-14(20)18-11-5-2-10(17)3-6-11/h1-7H,17H2,(H2,18,19,20). The molecular formula is C14H11ClN4O. The molecule has 5 nitrogen and oxygen atoms in total. The molecule has 0 bridgehead atoms. The first kappa shape index (κ1) is 13.7. The number of nitriles is 1. The van der Waals surface area contributed by atoms with Gasteiger partial charge in [0, 0.05) is 17.1 Å². The van der Waals surface area contributed by atoms with Gasteiger partial charge in [-0.05, 0) is 42.5 Å². The van der Waals surface area contributed by atoms with E-state index in [1.807, 2.05) is 6.07 Å². The van der Waals surface area contributed by atoms with Crippen molar-refractivity contribution in [3.63, 3.8) is 0 Å². The third-order valence-corrected chi connectivity index (χ3v) is 2.83. The molecule has 20 heavy (non-hydrogen) atoms. The quantitative estimate of drug-likeness (QED) is 0.739. The Morgan fingerprint density at radius 1 is 1.10 bits per heavy atom. The van der Waals surface area contributed by atoms with Crippen LogP contribution in [0.4, 0.5) is 21.9 Å². The first-order valence-corrected chi connectivity index (χ1v) is 6.09. The van der Waals surface area contributed by atoms with Crippen LogP contribution in [-0.2, 0) is 0 Å². The van der Waals surface area contributed by atoms with E-state index in [4.69, 9.17) is 22.6 Å². The van der Waals surface area contributed by atoms with Crippen LogP contribution in [0.3, 0.4) is 0 Å². The lowest BCUT2D eigenvalue weighted by atomic mass is 10.2. The van der Waals surface area contributed by atoms with E-state index >= 15 is 0 Å². The molecule has 0 fully saturated rings. The zero-order valence-electron chi connectivity index (χ0n) is 10.4. The summed E-state index contributed by atoms with van der Waals surface area (Å²) in [6.07, 6.45) is 0. The Morgan fingerprint density at radius 2 is 1.70 bits per heavy atom. The molecule has 0 saturated carbocycles. The topological polar surface area (TPSA) is 90.9 Å². The Bertz CT molecular complexity index is 677. The van der Waals surface area contributed by atoms with Crippen LogP contribution in [0.25, 0.3) is 0 Å². The number of amides is 2. The van der Waals surface area contributed by atoms with Crippen molar-refractivity contribution in [1.29, 1.82) is 5.26 Å². The molecular weight excluding hydrogens is 276 g/mol. The van der Waals surface area contributed by atoms with Crippen molar-refractivity contribution in [1.82, 2.24) is 0 Å². The number of carbonyl (C=O) groups is 1. The van der Waals surface area contributed by atoms with Gasteiger partial charge in [0.15, 0.2) is 0 Å². The maximum atomic E-state index is 11.8. The lowest BCUT2D eigenvalue weighted by Gasteiger charge is -2.08. The highest BCUT2D eigenvalue weighted by atomic mass is 35.5. The molecule has 0 unspecified atom stereocenters. The highest BCUT2D eigenvalue weighted by molar-refractivity contribution is 6.32. The average molecular weight is 287 g/mol. The van der Waals surface area contributed by atoms with Crippen LogP contribution in [0.1, 0.15) is 5.56 Å². The lowest BCUT2D eigenvalue weighted by Crippen LogP contribution is -2.19. The van der Waals surface area contributed by atoms with Gasteiger partial charge in [0.2, 0.25) is 0 Å². The number of nitrogens with zero attached hydrogens (tertiary/aromatic N) is 1. The van der Waals surface area contributed by atoms with Crippen LogP contribution in [-0.4, -0.2) is 6.03 Å². The first-order valence-electron chi connectivity index (χ1n) is 5.71. The molecule has 0 radical (unpaired) electrons. The van der Waals surface area contributed by atoms with Gasteiger partial charge in [0.1, 0.15) is 6.07 Å². The molecule has 0 aliphatic rings. The smallest absolute Gasteiger partial charge is 0.323 e. The number of urea groups is 1. The Hall–Kier alpha value is -2.71. The summed E-state index contributed by atoms with van der Waals surface area (Å²) in [5.74, 6) is 0. The van der Waals surface area contributed by atoms with E-state index in [0.717, 1.165) is 0 Å². The summed E-state index contributed by atoms with van der Waals surface area (Å²) < 4.78 is 0. The van der Waals surface area contributed by atoms with Crippen molar-refractivity contribution >= 4 is 34.7 Å². The van der Waals surface area contributed by atoms with Crippen molar-refractivity contribution in [3.05, 3.63) is 53.1 Å². The van der Waals surface area contributed by atoms with Gasteiger partial charge in [-0.3, -0.25) is 0 Å². The number of halogens is 1. The maximum Gasteiger partial charge on any atom is 0.323 e. The fourth-order valence-corrected chi connectivity index (χ4v) is 1.77. The van der Waals surface area contributed by atoms with Gasteiger partial charge in [-0.2, -0.15) is 5.26 Å². The number of benzene rings is 2. The molecule has 0 atom stereocenters. The molecule has 0 heterocycles. The summed E-state index contributed by atoms with van der Waals surface area (Å²) in [5.41, 5.74) is 7.66. The van der Waals surface area contributed by atoms with Crippen LogP contribution in [0.15, 0.2) is 42.5 Å². The molecule has 2 aromatic rings. The van der Waals surface area contributed by atoms with Crippen molar-refractivity contribution in [2.24, 2.45) is 0 Å². The second kappa shape index (κ2) is 5.95. The minimum Gasteiger partial charge on any atom is -0.399 e. The van der Waals surface area contributed by atoms with E-state index in [1.54, 1.807) is 36.4 Å². The van der Waals surface area contributed by atoms with E-state index in [2.05, 4.69) is 10.6 Å². The predicted molar refractivity (Wildman–Crippen MR) is 79.7 cm³/mol. The van der Waals surface area contributed by atoms with Crippen LogP contribution in [0, 0.1) is 11.3 Å². The zero-order chi connectivity index (χ0) is 14.5. The number of nitrogen functional groups attached to an aromatic ring is 1. The summed E-state index contributed by atoms with van der Waals surface area (Å²) in [7, 11) is 0. The Balaban J connectivity index is 2.03. The van der Waals surface area contributed by atoms with Gasteiger partial charge < -0.3 is 16.4 Å². The van der Waals surface area contributed by atoms with E-state index < -0.39 is 6.03 Å². The molecule has 0 aliphatic heterocycles. The molecule has 2 amide bonds. The van der Waals surface area contributed by atoms with Gasteiger partial charge in [0.25, 0.3) is 0 Å². The molecule has 4 N–H and O–H groups in total. The minimum atomic E-state index is -0.407. The van der Waals surface area contributed by atoms with E-state index in [0.29, 0.717) is 22.6 Å². The second-order valence-corrected chi connectivity index (χ2v) is 4.41. The number of rotatable bonds is 2. The number of nitrogens with two attached hydrogens (primary N) is 1. The highest BCUT2D eigenvalue weighted by Crippen LogP contribution is 2.20. The molecule has 0 aromatic heterocycles. The van der Waals surface area contributed by atoms with Gasteiger partial charge >= 0.3 is 6.03 Å². The fourth-order valence-electron chi connectivity index (χ4n) is 1.54. The number of carbonyl (C=O) groups excluding carboxylic acids is 1. The Morgan fingerprint density at radius 3 is 2.30 bits per heavy atom. The summed E-state index contributed by atoms with van der Waals surface area (Å²) in [6, 6.07) is 13.0. The molecule has 6 heteroatoms. The van der Waals surface area contributed by atoms with E-state index in [-0.39, 0.29) is 5.02 Å². The molecule has 2 aromatic carbocycles. The molecule has 2 rings (SSSR count). The SMILES string of the molecule is N#Cc1ccc(NC(=O)Nc2ccc(N)cc2)cc1Cl. The molecule has 100 valence electrons. The summed E-state index contributed by atoms with van der Waals surface area (Å²) >= 11 is 5.88. The van der Waals surface area contributed by atoms with Crippen molar-refractivity contribution in [2.45, 2.75) is 0 Å². The van der Waals surface area contributed by atoms with Crippen LogP contribution >= 0.6 is 11.6 Å². The van der Waals surface area contributed by atoms with Crippen LogP contribution in [0.5, 0.6) is 0 Å². The summed E-state index contributed by atoms with van der Waals surface area (Å²) in [4.78, 5) is 11.8. The number of hydrogen-bond donors (Lipinski definition) is 3. The van der Waals surface area contributed by atoms with Crippen molar-refractivity contribution < 1.29 is 4.79 Å². The largest absolute Gasteiger partial charge is 0.399 e. The molecule has 0 saturated heterocycles. The van der Waals surface area contributed by atoms with E-state index in [1.165, 1.54) is 6.07 Å². The van der Waals surface area contributed by atoms with Crippen LogP contribution < -0.4 is 16.4 Å². The molecule has 0 aliphatic carbocycles. The zero-order valence-corrected chi connectivity index (χ0v) is 11.1. The van der Waals surface area contributed by atoms with Gasteiger partial charge in [-0.1, -0.05) is 11.6 Å². The van der Waals surface area contributed by atoms with Gasteiger partial charge in [-0.25, -0.2) is 4.79 Å². The summed E-state index contributed by atoms with van der Waals surface area (Å²) in [6.45, 7) is 0. The third kappa shape index (κ3) is 3.40. The minimum absolute atomic E-state index is 0.290. The lowest BCUT2D eigenvalue weighted by molar-refractivity contribution is 0.262. The van der Waals surface area contributed by atoms with Gasteiger partial charge in [-0.15, -0.1) is 0 Å². The number of anilines is 3. The summed E-state index contributed by atoms with van der Waals surface area (Å²) in [5, 5.41) is 14.3. The van der Waals surface area contributed by atoms with E-state index in [9.17, 15) is 4.79 Å². The predicted octanol–water partition coefficient (Wildman–Crippen LogP) is 3.44. The fraction of sp³-hybridized carbons (Fsp3) is 0. The normalized spacial score (nSPS) is 9.60. The Kier molecular flexibility index (Phi) is 4.08. The monoisotopic (exact) mass is 286 g/mol. The van der Waals surface area contributed by atoms with Crippen LogP contribution in [0.2, 0.25) is 5.02 Å². The average Bonchev–Trinajstić information content (AvgIpc) is 2.41. The van der Waals surface area contributed by atoms with Crippen molar-refractivity contribution in [2.75, 3.05) is 16.4 Å². The van der Waals surface area contributed by atoms with Gasteiger partial charge in [0.05, 0.1) is 10.6 Å². The molecule has 0 spiro atoms. The first-order chi connectivity index (χ1) is 9.58. The third-order valence-electron chi connectivity index (χ3n) is 2.52. The highest BCUT2D eigenvalue weighted by Gasteiger charge is 2.05.